The molecule has 0 atom stereocenters. The fourth-order valence-corrected chi connectivity index (χ4v) is 1.86. The number of rotatable bonds is 6. The minimum Gasteiger partial charge on any atom is -0.484 e. The molecule has 5 nitrogen and oxygen atoms in total. The number of hydrogen-bond donors (Lipinski definition) is 2. The molecule has 2 aromatic rings. The van der Waals surface area contributed by atoms with Crippen molar-refractivity contribution in [2.45, 2.75) is 26.7 Å². The maximum absolute atomic E-state index is 11.7. The highest BCUT2D eigenvalue weighted by Gasteiger charge is 2.06. The smallest absolute Gasteiger partial charge is 0.263 e. The van der Waals surface area contributed by atoms with Gasteiger partial charge in [-0.2, -0.15) is 5.10 Å². The maximum Gasteiger partial charge on any atom is 0.263 e. The summed E-state index contributed by atoms with van der Waals surface area (Å²) in [5, 5.41) is 9.62. The van der Waals surface area contributed by atoms with Crippen LogP contribution in [0.3, 0.4) is 0 Å². The summed E-state index contributed by atoms with van der Waals surface area (Å²) in [6.45, 7) is 4.04. The normalized spacial score (nSPS) is 10.3. The molecule has 0 bridgehead atoms. The number of ether oxygens (including phenoxy) is 1. The molecule has 0 fully saturated rings. The number of amides is 1. The van der Waals surface area contributed by atoms with Crippen LogP contribution in [0.15, 0.2) is 30.3 Å². The first-order valence-electron chi connectivity index (χ1n) is 6.71. The van der Waals surface area contributed by atoms with E-state index in [0.717, 1.165) is 24.1 Å². The zero-order valence-corrected chi connectivity index (χ0v) is 11.8. The molecule has 1 aromatic heterocycles. The van der Waals surface area contributed by atoms with Crippen LogP contribution in [-0.2, 0) is 11.2 Å². The van der Waals surface area contributed by atoms with Crippen molar-refractivity contribution in [2.75, 3.05) is 11.9 Å². The Labute approximate surface area is 118 Å². The number of aromatic amines is 1. The molecule has 2 N–H and O–H groups in total. The van der Waals surface area contributed by atoms with Gasteiger partial charge in [0, 0.05) is 11.8 Å². The highest BCUT2D eigenvalue weighted by molar-refractivity contribution is 5.90. The summed E-state index contributed by atoms with van der Waals surface area (Å²) < 4.78 is 5.43. The van der Waals surface area contributed by atoms with E-state index >= 15 is 0 Å². The second kappa shape index (κ2) is 6.75. The Morgan fingerprint density at radius 3 is 3.00 bits per heavy atom. The first kappa shape index (κ1) is 14.1. The van der Waals surface area contributed by atoms with E-state index in [-0.39, 0.29) is 12.5 Å². The average Bonchev–Trinajstić information content (AvgIpc) is 2.84. The van der Waals surface area contributed by atoms with Crippen molar-refractivity contribution < 1.29 is 9.53 Å². The van der Waals surface area contributed by atoms with Crippen LogP contribution >= 0.6 is 0 Å². The standard InChI is InChI=1S/C15H19N3O2/c1-3-5-12-9-14(18-17-12)16-15(19)10-20-13-7-4-6-11(2)8-13/h4,6-9H,3,5,10H2,1-2H3,(H2,16,17,18,19). The van der Waals surface area contributed by atoms with Crippen molar-refractivity contribution in [3.8, 4) is 5.75 Å². The molecule has 0 radical (unpaired) electrons. The van der Waals surface area contributed by atoms with Crippen LogP contribution in [0.25, 0.3) is 0 Å². The Hall–Kier alpha value is -2.30. The third-order valence-electron chi connectivity index (χ3n) is 2.78. The minimum absolute atomic E-state index is 0.0283. The SMILES string of the molecule is CCCc1cc(NC(=O)COc2cccc(C)c2)n[nH]1. The molecule has 0 aliphatic carbocycles. The van der Waals surface area contributed by atoms with Gasteiger partial charge < -0.3 is 10.1 Å². The van der Waals surface area contributed by atoms with E-state index in [1.54, 1.807) is 0 Å². The van der Waals surface area contributed by atoms with Gasteiger partial charge in [-0.25, -0.2) is 0 Å². The highest BCUT2D eigenvalue weighted by Crippen LogP contribution is 2.12. The number of anilines is 1. The van der Waals surface area contributed by atoms with Crippen LogP contribution in [0.1, 0.15) is 24.6 Å². The van der Waals surface area contributed by atoms with Gasteiger partial charge in [-0.05, 0) is 31.0 Å². The lowest BCUT2D eigenvalue weighted by atomic mass is 10.2. The molecule has 106 valence electrons. The molecule has 0 aliphatic heterocycles. The predicted molar refractivity (Wildman–Crippen MR) is 77.9 cm³/mol. The molecule has 20 heavy (non-hydrogen) atoms. The number of aryl methyl sites for hydroxylation is 2. The van der Waals surface area contributed by atoms with Crippen molar-refractivity contribution in [3.63, 3.8) is 0 Å². The molecule has 0 aliphatic rings. The molecule has 1 aromatic carbocycles. The highest BCUT2D eigenvalue weighted by atomic mass is 16.5. The fourth-order valence-electron chi connectivity index (χ4n) is 1.86. The number of benzene rings is 1. The number of hydrogen-bond acceptors (Lipinski definition) is 3. The van der Waals surface area contributed by atoms with E-state index in [1.165, 1.54) is 0 Å². The zero-order valence-electron chi connectivity index (χ0n) is 11.8. The number of carbonyl (C=O) groups is 1. The van der Waals surface area contributed by atoms with Gasteiger partial charge in [-0.3, -0.25) is 9.89 Å². The number of nitrogens with one attached hydrogen (secondary N) is 2. The van der Waals surface area contributed by atoms with E-state index < -0.39 is 0 Å². The number of nitrogens with zero attached hydrogens (tertiary/aromatic N) is 1. The Kier molecular flexibility index (Phi) is 4.76. The van der Waals surface area contributed by atoms with Gasteiger partial charge in [-0.1, -0.05) is 25.5 Å². The van der Waals surface area contributed by atoms with E-state index in [0.29, 0.717) is 11.6 Å². The predicted octanol–water partition coefficient (Wildman–Crippen LogP) is 2.69. The summed E-state index contributed by atoms with van der Waals surface area (Å²) in [6, 6.07) is 9.43. The Morgan fingerprint density at radius 2 is 2.25 bits per heavy atom. The monoisotopic (exact) mass is 273 g/mol. The summed E-state index contributed by atoms with van der Waals surface area (Å²) in [6.07, 6.45) is 1.95. The largest absolute Gasteiger partial charge is 0.484 e. The number of H-pyrrole nitrogens is 1. The Bertz CT molecular complexity index is 578. The number of aromatic nitrogens is 2. The maximum atomic E-state index is 11.7. The molecule has 0 unspecified atom stereocenters. The lowest BCUT2D eigenvalue weighted by Gasteiger charge is -2.06. The van der Waals surface area contributed by atoms with Crippen molar-refractivity contribution in [1.82, 2.24) is 10.2 Å². The molecule has 5 heteroatoms. The van der Waals surface area contributed by atoms with E-state index in [4.69, 9.17) is 4.74 Å². The van der Waals surface area contributed by atoms with Crippen LogP contribution in [0.4, 0.5) is 5.82 Å². The van der Waals surface area contributed by atoms with Gasteiger partial charge in [0.1, 0.15) is 5.75 Å². The van der Waals surface area contributed by atoms with E-state index in [9.17, 15) is 4.79 Å². The molecule has 0 saturated heterocycles. The Morgan fingerprint density at radius 1 is 1.40 bits per heavy atom. The average molecular weight is 273 g/mol. The van der Waals surface area contributed by atoms with E-state index in [1.807, 2.05) is 37.3 Å². The molecule has 0 spiro atoms. The van der Waals surface area contributed by atoms with Crippen molar-refractivity contribution >= 4 is 11.7 Å². The summed E-state index contributed by atoms with van der Waals surface area (Å²) in [5.41, 5.74) is 2.11. The third-order valence-corrected chi connectivity index (χ3v) is 2.78. The van der Waals surface area contributed by atoms with Crippen LogP contribution in [0.5, 0.6) is 5.75 Å². The first-order valence-corrected chi connectivity index (χ1v) is 6.71. The second-order valence-corrected chi connectivity index (χ2v) is 4.68. The van der Waals surface area contributed by atoms with Gasteiger partial charge in [-0.15, -0.1) is 0 Å². The summed E-state index contributed by atoms with van der Waals surface area (Å²) in [4.78, 5) is 11.7. The van der Waals surface area contributed by atoms with Crippen molar-refractivity contribution in [1.29, 1.82) is 0 Å². The van der Waals surface area contributed by atoms with Gasteiger partial charge >= 0.3 is 0 Å². The topological polar surface area (TPSA) is 67.0 Å². The Balaban J connectivity index is 1.82. The molecular weight excluding hydrogens is 254 g/mol. The molecule has 1 amide bonds. The third kappa shape index (κ3) is 4.12. The summed E-state index contributed by atoms with van der Waals surface area (Å²) in [7, 11) is 0. The summed E-state index contributed by atoms with van der Waals surface area (Å²) in [5.74, 6) is 1.00. The fraction of sp³-hybridized carbons (Fsp3) is 0.333. The quantitative estimate of drug-likeness (QED) is 0.850. The summed E-state index contributed by atoms with van der Waals surface area (Å²) >= 11 is 0. The second-order valence-electron chi connectivity index (χ2n) is 4.68. The molecular formula is C15H19N3O2. The van der Waals surface area contributed by atoms with E-state index in [2.05, 4.69) is 22.4 Å². The van der Waals surface area contributed by atoms with Gasteiger partial charge in [0.25, 0.3) is 5.91 Å². The zero-order chi connectivity index (χ0) is 14.4. The lowest BCUT2D eigenvalue weighted by Crippen LogP contribution is -2.20. The number of carbonyl (C=O) groups excluding carboxylic acids is 1. The first-order chi connectivity index (χ1) is 9.67. The lowest BCUT2D eigenvalue weighted by molar-refractivity contribution is -0.118. The molecule has 0 saturated carbocycles. The molecule has 1 heterocycles. The van der Waals surface area contributed by atoms with Gasteiger partial charge in [0.15, 0.2) is 12.4 Å². The van der Waals surface area contributed by atoms with Gasteiger partial charge in [0.2, 0.25) is 0 Å². The van der Waals surface area contributed by atoms with Crippen LogP contribution in [0, 0.1) is 6.92 Å². The van der Waals surface area contributed by atoms with Crippen LogP contribution < -0.4 is 10.1 Å². The van der Waals surface area contributed by atoms with Gasteiger partial charge in [0.05, 0.1) is 0 Å². The van der Waals surface area contributed by atoms with Crippen LogP contribution in [-0.4, -0.2) is 22.7 Å². The molecule has 2 rings (SSSR count). The van der Waals surface area contributed by atoms with Crippen LogP contribution in [0.2, 0.25) is 0 Å². The van der Waals surface area contributed by atoms with Crippen molar-refractivity contribution in [3.05, 3.63) is 41.6 Å². The minimum atomic E-state index is -0.221. The van der Waals surface area contributed by atoms with Crippen molar-refractivity contribution in [2.24, 2.45) is 0 Å².